The molecule has 1 amide bonds. The summed E-state index contributed by atoms with van der Waals surface area (Å²) in [6.07, 6.45) is 0. The summed E-state index contributed by atoms with van der Waals surface area (Å²) in [5.74, 6) is -0.765. The molecule has 3 aromatic rings. The molecular formula is C22H25N3O4S. The van der Waals surface area contributed by atoms with Crippen molar-refractivity contribution < 1.29 is 19.5 Å². The van der Waals surface area contributed by atoms with Crippen LogP contribution >= 0.6 is 11.3 Å². The van der Waals surface area contributed by atoms with Crippen LogP contribution in [0.5, 0.6) is 0 Å². The molecule has 0 aliphatic rings. The fourth-order valence-corrected chi connectivity index (χ4v) is 4.03. The van der Waals surface area contributed by atoms with Crippen LogP contribution < -0.4 is 16.1 Å². The number of nitrogens with one attached hydrogen (secondary N) is 3. The van der Waals surface area contributed by atoms with Gasteiger partial charge in [-0.05, 0) is 41.1 Å². The van der Waals surface area contributed by atoms with Crippen molar-refractivity contribution in [3.05, 3.63) is 70.1 Å². The lowest BCUT2D eigenvalue weighted by Gasteiger charge is -2.12. The zero-order chi connectivity index (χ0) is 21.5. The SMILES string of the molecule is COC(=O)[C@H](C)NCc1ccc(CNCc2ccc3cc(C(=O)NO)sc3c2)cc1. The number of ether oxygens (including phenoxy) is 1. The van der Waals surface area contributed by atoms with Crippen molar-refractivity contribution in [1.29, 1.82) is 0 Å². The molecule has 0 fully saturated rings. The molecule has 7 nitrogen and oxygen atoms in total. The summed E-state index contributed by atoms with van der Waals surface area (Å²) in [4.78, 5) is 23.5. The van der Waals surface area contributed by atoms with Gasteiger partial charge in [-0.1, -0.05) is 36.4 Å². The van der Waals surface area contributed by atoms with Gasteiger partial charge in [-0.25, -0.2) is 5.48 Å². The molecule has 0 saturated carbocycles. The maximum atomic E-state index is 11.6. The number of hydrogen-bond acceptors (Lipinski definition) is 7. The van der Waals surface area contributed by atoms with Gasteiger partial charge in [0.15, 0.2) is 0 Å². The van der Waals surface area contributed by atoms with E-state index in [9.17, 15) is 9.59 Å². The summed E-state index contributed by atoms with van der Waals surface area (Å²) in [5.41, 5.74) is 5.05. The molecule has 1 heterocycles. The van der Waals surface area contributed by atoms with Gasteiger partial charge in [0.05, 0.1) is 12.0 Å². The average Bonchev–Trinajstić information content (AvgIpc) is 3.20. The van der Waals surface area contributed by atoms with Crippen LogP contribution in [-0.2, 0) is 29.2 Å². The summed E-state index contributed by atoms with van der Waals surface area (Å²) in [6, 6.07) is 15.7. The highest BCUT2D eigenvalue weighted by Crippen LogP contribution is 2.26. The molecular weight excluding hydrogens is 402 g/mol. The van der Waals surface area contributed by atoms with Crippen LogP contribution in [0.3, 0.4) is 0 Å². The van der Waals surface area contributed by atoms with Crippen LogP contribution in [0.4, 0.5) is 0 Å². The highest BCUT2D eigenvalue weighted by atomic mass is 32.1. The molecule has 0 radical (unpaired) electrons. The molecule has 4 N–H and O–H groups in total. The first kappa shape index (κ1) is 21.9. The Morgan fingerprint density at radius 1 is 1.00 bits per heavy atom. The van der Waals surface area contributed by atoms with Gasteiger partial charge >= 0.3 is 5.97 Å². The predicted molar refractivity (Wildman–Crippen MR) is 116 cm³/mol. The largest absolute Gasteiger partial charge is 0.468 e. The van der Waals surface area contributed by atoms with E-state index in [0.717, 1.165) is 27.8 Å². The van der Waals surface area contributed by atoms with E-state index in [-0.39, 0.29) is 12.0 Å². The number of thiophene rings is 1. The Kier molecular flexibility index (Phi) is 7.53. The average molecular weight is 428 g/mol. The fraction of sp³-hybridized carbons (Fsp3) is 0.273. The van der Waals surface area contributed by atoms with Crippen LogP contribution in [0.15, 0.2) is 48.5 Å². The molecule has 0 aliphatic carbocycles. The van der Waals surface area contributed by atoms with Gasteiger partial charge in [0.25, 0.3) is 5.91 Å². The molecule has 0 bridgehead atoms. The van der Waals surface area contributed by atoms with Gasteiger partial charge in [-0.15, -0.1) is 11.3 Å². The van der Waals surface area contributed by atoms with E-state index in [0.29, 0.717) is 18.0 Å². The van der Waals surface area contributed by atoms with E-state index in [1.165, 1.54) is 24.0 Å². The Balaban J connectivity index is 1.50. The minimum absolute atomic E-state index is 0.274. The normalized spacial score (nSPS) is 12.0. The van der Waals surface area contributed by atoms with Crippen molar-refractivity contribution in [2.24, 2.45) is 0 Å². The third-order valence-electron chi connectivity index (χ3n) is 4.76. The lowest BCUT2D eigenvalue weighted by atomic mass is 10.1. The topological polar surface area (TPSA) is 99.7 Å². The number of methoxy groups -OCH3 is 1. The Morgan fingerprint density at radius 3 is 2.30 bits per heavy atom. The number of carbonyl (C=O) groups excluding carboxylic acids is 2. The molecule has 30 heavy (non-hydrogen) atoms. The summed E-state index contributed by atoms with van der Waals surface area (Å²) in [6.45, 7) is 3.81. The third kappa shape index (κ3) is 5.64. The van der Waals surface area contributed by atoms with Crippen LogP contribution in [0.2, 0.25) is 0 Å². The van der Waals surface area contributed by atoms with E-state index >= 15 is 0 Å². The van der Waals surface area contributed by atoms with E-state index in [4.69, 9.17) is 9.94 Å². The van der Waals surface area contributed by atoms with Crippen LogP contribution in [0.1, 0.15) is 33.3 Å². The highest BCUT2D eigenvalue weighted by Gasteiger charge is 2.12. The minimum atomic E-state index is -0.491. The van der Waals surface area contributed by atoms with Crippen molar-refractivity contribution in [2.45, 2.75) is 32.6 Å². The maximum Gasteiger partial charge on any atom is 0.322 e. The summed E-state index contributed by atoms with van der Waals surface area (Å²) >= 11 is 1.35. The first-order valence-corrected chi connectivity index (χ1v) is 10.4. The first-order chi connectivity index (χ1) is 14.5. The van der Waals surface area contributed by atoms with Gasteiger partial charge in [-0.2, -0.15) is 0 Å². The predicted octanol–water partition coefficient (Wildman–Crippen LogP) is 2.96. The van der Waals surface area contributed by atoms with Crippen molar-refractivity contribution in [1.82, 2.24) is 16.1 Å². The molecule has 0 unspecified atom stereocenters. The first-order valence-electron chi connectivity index (χ1n) is 9.57. The fourth-order valence-electron chi connectivity index (χ4n) is 3.01. The molecule has 0 saturated heterocycles. The molecule has 1 atom stereocenters. The second-order valence-electron chi connectivity index (χ2n) is 6.97. The summed E-state index contributed by atoms with van der Waals surface area (Å²) in [7, 11) is 1.38. The van der Waals surface area contributed by atoms with Gasteiger partial charge in [0.1, 0.15) is 6.04 Å². The highest BCUT2D eigenvalue weighted by molar-refractivity contribution is 7.20. The van der Waals surface area contributed by atoms with Crippen LogP contribution in [0.25, 0.3) is 10.1 Å². The number of hydrogen-bond donors (Lipinski definition) is 4. The number of fused-ring (bicyclic) bond motifs is 1. The third-order valence-corrected chi connectivity index (χ3v) is 5.85. The van der Waals surface area contributed by atoms with Crippen LogP contribution in [-0.4, -0.2) is 30.2 Å². The summed E-state index contributed by atoms with van der Waals surface area (Å²) in [5, 5.41) is 16.3. The smallest absolute Gasteiger partial charge is 0.322 e. The number of hydroxylamine groups is 1. The van der Waals surface area contributed by atoms with Gasteiger partial charge in [-0.3, -0.25) is 14.8 Å². The van der Waals surface area contributed by atoms with Crippen molar-refractivity contribution >= 4 is 33.3 Å². The van der Waals surface area contributed by atoms with E-state index in [2.05, 4.69) is 28.8 Å². The molecule has 0 spiro atoms. The number of esters is 1. The lowest BCUT2D eigenvalue weighted by Crippen LogP contribution is -2.34. The second kappa shape index (κ2) is 10.3. The molecule has 3 rings (SSSR count). The minimum Gasteiger partial charge on any atom is -0.468 e. The molecule has 158 valence electrons. The molecule has 1 aromatic heterocycles. The Morgan fingerprint density at radius 2 is 1.63 bits per heavy atom. The zero-order valence-electron chi connectivity index (χ0n) is 16.9. The Hall–Kier alpha value is -2.78. The van der Waals surface area contributed by atoms with Crippen molar-refractivity contribution in [2.75, 3.05) is 7.11 Å². The lowest BCUT2D eigenvalue weighted by molar-refractivity contribution is -0.142. The molecule has 8 heteroatoms. The number of benzene rings is 2. The Labute approximate surface area is 179 Å². The van der Waals surface area contributed by atoms with Gasteiger partial charge < -0.3 is 15.4 Å². The number of rotatable bonds is 9. The number of carbonyl (C=O) groups is 2. The molecule has 2 aromatic carbocycles. The van der Waals surface area contributed by atoms with Gasteiger partial charge in [0, 0.05) is 24.3 Å². The second-order valence-corrected chi connectivity index (χ2v) is 8.05. The maximum absolute atomic E-state index is 11.6. The van der Waals surface area contributed by atoms with Crippen molar-refractivity contribution in [3.8, 4) is 0 Å². The van der Waals surface area contributed by atoms with Crippen LogP contribution in [0, 0.1) is 0 Å². The molecule has 0 aliphatic heterocycles. The number of amides is 1. The zero-order valence-corrected chi connectivity index (χ0v) is 17.7. The van der Waals surface area contributed by atoms with E-state index in [1.807, 2.05) is 24.3 Å². The van der Waals surface area contributed by atoms with E-state index in [1.54, 1.807) is 18.5 Å². The quantitative estimate of drug-likeness (QED) is 0.238. The summed E-state index contributed by atoms with van der Waals surface area (Å²) < 4.78 is 5.71. The van der Waals surface area contributed by atoms with Gasteiger partial charge in [0.2, 0.25) is 0 Å². The monoisotopic (exact) mass is 427 g/mol. The Bertz CT molecular complexity index is 1020. The standard InChI is InChI=1S/C22H25N3O4S/c1-14(22(27)29-2)24-13-16-5-3-15(4-6-16)11-23-12-17-7-8-18-10-20(21(26)25-28)30-19(18)9-17/h3-10,14,23-24,28H,11-13H2,1-2H3,(H,25,26)/t14-/m0/s1. The van der Waals surface area contributed by atoms with E-state index < -0.39 is 5.91 Å². The van der Waals surface area contributed by atoms with Crippen molar-refractivity contribution in [3.63, 3.8) is 0 Å².